The van der Waals surface area contributed by atoms with E-state index < -0.39 is 97.5 Å². The molecular weight excluding hydrogens is 1380 g/mol. The van der Waals surface area contributed by atoms with Crippen LogP contribution in [-0.2, 0) is 65.4 Å². The molecule has 0 rings (SSSR count). The number of unbranched alkanes of at least 4 members (excludes halogenated alkanes) is 11. The van der Waals surface area contributed by atoms with Crippen molar-refractivity contribution in [3.63, 3.8) is 0 Å². The molecule has 0 radical (unpaired) electrons. The Labute approximate surface area is 639 Å². The molecule has 106 heavy (non-hydrogen) atoms. The topological polar surface area (TPSA) is 237 Å². The van der Waals surface area contributed by atoms with Crippen LogP contribution in [0.15, 0.2) is 207 Å². The number of phosphoric acid groups is 2. The number of allylic oxidation sites excluding steroid dienone is 34. The highest BCUT2D eigenvalue weighted by molar-refractivity contribution is 7.47. The van der Waals surface area contributed by atoms with E-state index in [0.29, 0.717) is 38.5 Å². The molecule has 0 aliphatic heterocycles. The van der Waals surface area contributed by atoms with Crippen LogP contribution in [0, 0.1) is 0 Å². The number of aliphatic hydroxyl groups is 1. The summed E-state index contributed by atoms with van der Waals surface area (Å²) in [6.45, 7) is 4.24. The van der Waals surface area contributed by atoms with Gasteiger partial charge in [0.2, 0.25) is 0 Å². The van der Waals surface area contributed by atoms with Crippen LogP contribution in [0.5, 0.6) is 0 Å². The number of hydrogen-bond donors (Lipinski definition) is 3. The highest BCUT2D eigenvalue weighted by atomic mass is 31.2. The van der Waals surface area contributed by atoms with E-state index in [1.165, 1.54) is 25.7 Å². The summed E-state index contributed by atoms with van der Waals surface area (Å²) >= 11 is 0. The third kappa shape index (κ3) is 75.9. The van der Waals surface area contributed by atoms with Gasteiger partial charge in [-0.2, -0.15) is 0 Å². The molecule has 5 atom stereocenters. The molecule has 3 N–H and O–H groups in total. The monoisotopic (exact) mass is 1510 g/mol. The lowest BCUT2D eigenvalue weighted by Crippen LogP contribution is -2.30. The number of aliphatic hydroxyl groups excluding tert-OH is 1. The highest BCUT2D eigenvalue weighted by Crippen LogP contribution is 2.45. The van der Waals surface area contributed by atoms with E-state index in [2.05, 4.69) is 198 Å². The Kier molecular flexibility index (Phi) is 72.2. The summed E-state index contributed by atoms with van der Waals surface area (Å²) in [6.07, 6.45) is 95.6. The molecule has 0 aromatic carbocycles. The van der Waals surface area contributed by atoms with Crippen molar-refractivity contribution < 1.29 is 80.2 Å². The zero-order valence-corrected chi connectivity index (χ0v) is 66.8. The zero-order valence-electron chi connectivity index (χ0n) is 65.0. The number of esters is 4. The van der Waals surface area contributed by atoms with Crippen LogP contribution in [0.3, 0.4) is 0 Å². The smallest absolute Gasteiger partial charge is 0.462 e. The summed E-state index contributed by atoms with van der Waals surface area (Å²) in [5, 5.41) is 10.6. The van der Waals surface area contributed by atoms with Crippen molar-refractivity contribution in [1.82, 2.24) is 0 Å². The third-order valence-electron chi connectivity index (χ3n) is 15.3. The van der Waals surface area contributed by atoms with Crippen LogP contribution in [0.2, 0.25) is 0 Å². The fourth-order valence-electron chi connectivity index (χ4n) is 9.37. The fourth-order valence-corrected chi connectivity index (χ4v) is 11.0. The Morgan fingerprint density at radius 1 is 0.274 bits per heavy atom. The minimum absolute atomic E-state index is 0.0103. The number of phosphoric ester groups is 2. The molecule has 19 heteroatoms. The Bertz CT molecular complexity index is 2830. The molecule has 0 aromatic heterocycles. The standard InChI is InChI=1S/C87H136O17P2/c1-5-9-13-17-21-25-29-33-36-38-40-42-45-49-52-56-60-64-68-72-85(90)98-78-83(104-87(92)74-70-66-62-58-54-50-46-43-41-39-37-34-30-26-22-18-14-10-6-2)80-102-106(95,96)100-76-81(88)75-99-105(93,94)101-79-82(103-86(91)73-69-65-61-57-53-47-32-28-24-20-16-12-8-4)77-97-84(89)71-67-63-59-55-51-48-44-35-31-27-23-19-15-11-7-3/h9-11,13-15,21-23,25-28,32-37,40-44,49-52,54-55,60,62,64,66,81-83,88H,5-8,12,16-20,24,29-31,38-39,45-48,53,56-59,61,63,65,67-80H2,1-4H3,(H,93,94)(H,95,96)/b13-9-,14-10-,15-11-,25-21-,26-22-,27-23-,32-28-,36-33-,37-34-,42-40-,43-41-,44-35-,52-49-,54-50-,55-51-,64-60-,66-62-. The van der Waals surface area contributed by atoms with E-state index in [-0.39, 0.29) is 25.7 Å². The van der Waals surface area contributed by atoms with Gasteiger partial charge in [0, 0.05) is 25.7 Å². The van der Waals surface area contributed by atoms with Gasteiger partial charge < -0.3 is 33.8 Å². The predicted octanol–water partition coefficient (Wildman–Crippen LogP) is 23.1. The van der Waals surface area contributed by atoms with Crippen molar-refractivity contribution in [2.75, 3.05) is 39.6 Å². The van der Waals surface area contributed by atoms with E-state index in [1.807, 2.05) is 36.5 Å². The number of hydrogen-bond acceptors (Lipinski definition) is 15. The number of carbonyl (C=O) groups is 4. The SMILES string of the molecule is CC/C=C\C/C=C\C/C=C\C/C=C\C/C=C\C/C=C\CCC(=O)OCC(COP(=O)(O)OCC(O)COP(=O)(O)OCC(COC(=O)CCCC/C=C\C/C=C\C/C=C\C/C=C\CC)OC(=O)CCCCCCC/C=C\CCCCCC)OC(=O)CC/C=C\C/C=C\C/C=C\C/C=C\C/C=C\C/C=C\CC. The van der Waals surface area contributed by atoms with Gasteiger partial charge in [-0.1, -0.05) is 273 Å². The lowest BCUT2D eigenvalue weighted by atomic mass is 10.1. The Balaban J connectivity index is 5.57. The Morgan fingerprint density at radius 2 is 0.509 bits per heavy atom. The second-order valence-electron chi connectivity index (χ2n) is 25.1. The van der Waals surface area contributed by atoms with Crippen LogP contribution in [-0.4, -0.2) is 96.7 Å². The normalized spacial score (nSPS) is 15.0. The molecule has 0 amide bonds. The lowest BCUT2D eigenvalue weighted by Gasteiger charge is -2.21. The van der Waals surface area contributed by atoms with Gasteiger partial charge in [-0.05, 0) is 167 Å². The maximum absolute atomic E-state index is 13.1. The van der Waals surface area contributed by atoms with Crippen LogP contribution in [0.25, 0.3) is 0 Å². The van der Waals surface area contributed by atoms with Crippen LogP contribution >= 0.6 is 15.6 Å². The molecule has 5 unspecified atom stereocenters. The first-order valence-corrected chi connectivity index (χ1v) is 42.3. The molecule has 0 saturated heterocycles. The first-order chi connectivity index (χ1) is 51.7. The zero-order chi connectivity index (χ0) is 77.4. The highest BCUT2D eigenvalue weighted by Gasteiger charge is 2.30. The molecule has 0 heterocycles. The summed E-state index contributed by atoms with van der Waals surface area (Å²) < 4.78 is 68.3. The quantitative estimate of drug-likeness (QED) is 0.0169. The number of ether oxygens (including phenoxy) is 4. The maximum atomic E-state index is 13.1. The minimum atomic E-state index is -5.03. The fraction of sp³-hybridized carbons (Fsp3) is 0.563. The second-order valence-corrected chi connectivity index (χ2v) is 28.1. The lowest BCUT2D eigenvalue weighted by molar-refractivity contribution is -0.161. The van der Waals surface area contributed by atoms with Gasteiger partial charge in [0.15, 0.2) is 12.2 Å². The first kappa shape index (κ1) is 99.6. The van der Waals surface area contributed by atoms with Crippen molar-refractivity contribution in [1.29, 1.82) is 0 Å². The van der Waals surface area contributed by atoms with E-state index in [9.17, 15) is 43.2 Å². The summed E-state index contributed by atoms with van der Waals surface area (Å²) in [4.78, 5) is 72.9. The molecule has 17 nitrogen and oxygen atoms in total. The molecule has 0 bridgehead atoms. The van der Waals surface area contributed by atoms with Gasteiger partial charge in [0.25, 0.3) is 0 Å². The third-order valence-corrected chi connectivity index (χ3v) is 17.2. The molecule has 0 aliphatic carbocycles. The summed E-state index contributed by atoms with van der Waals surface area (Å²) in [5.41, 5.74) is 0. The Morgan fingerprint density at radius 3 is 0.858 bits per heavy atom. The van der Waals surface area contributed by atoms with Gasteiger partial charge in [0.1, 0.15) is 19.3 Å². The van der Waals surface area contributed by atoms with E-state index >= 15 is 0 Å². The number of carbonyl (C=O) groups excluding carboxylic acids is 4. The molecule has 596 valence electrons. The second kappa shape index (κ2) is 76.8. The first-order valence-electron chi connectivity index (χ1n) is 39.3. The van der Waals surface area contributed by atoms with Gasteiger partial charge in [0.05, 0.1) is 26.4 Å². The van der Waals surface area contributed by atoms with Crippen LogP contribution in [0.4, 0.5) is 0 Å². The van der Waals surface area contributed by atoms with E-state index in [0.717, 1.165) is 141 Å². The molecular formula is C87H136O17P2. The van der Waals surface area contributed by atoms with Crippen LogP contribution < -0.4 is 0 Å². The summed E-state index contributed by atoms with van der Waals surface area (Å²) in [7, 11) is -10.0. The van der Waals surface area contributed by atoms with E-state index in [1.54, 1.807) is 0 Å². The van der Waals surface area contributed by atoms with Crippen molar-refractivity contribution in [2.45, 2.75) is 277 Å². The average molecular weight is 1520 g/mol. The molecule has 0 spiro atoms. The van der Waals surface area contributed by atoms with Gasteiger partial charge in [-0.3, -0.25) is 37.3 Å². The number of rotatable bonds is 71. The maximum Gasteiger partial charge on any atom is 0.472 e. The van der Waals surface area contributed by atoms with Gasteiger partial charge >= 0.3 is 39.5 Å². The summed E-state index contributed by atoms with van der Waals surface area (Å²) in [6, 6.07) is 0. The van der Waals surface area contributed by atoms with Crippen LogP contribution in [0.1, 0.15) is 259 Å². The van der Waals surface area contributed by atoms with E-state index in [4.69, 9.17) is 37.0 Å². The van der Waals surface area contributed by atoms with Crippen molar-refractivity contribution >= 4 is 39.5 Å². The summed E-state index contributed by atoms with van der Waals surface area (Å²) in [5.74, 6) is -2.46. The molecule has 0 saturated carbocycles. The van der Waals surface area contributed by atoms with Crippen molar-refractivity contribution in [2.24, 2.45) is 0 Å². The predicted molar refractivity (Wildman–Crippen MR) is 435 cm³/mol. The molecule has 0 fully saturated rings. The van der Waals surface area contributed by atoms with Gasteiger partial charge in [-0.25, -0.2) is 9.13 Å². The molecule has 0 aliphatic rings. The molecule has 0 aromatic rings. The van der Waals surface area contributed by atoms with Gasteiger partial charge in [-0.15, -0.1) is 0 Å². The van der Waals surface area contributed by atoms with Crippen molar-refractivity contribution in [3.05, 3.63) is 207 Å². The minimum Gasteiger partial charge on any atom is -0.462 e. The Hall–Kier alpha value is -6.36. The van der Waals surface area contributed by atoms with Crippen molar-refractivity contribution in [3.8, 4) is 0 Å². The largest absolute Gasteiger partial charge is 0.472 e. The average Bonchev–Trinajstić information content (AvgIpc) is 0.903.